The summed E-state index contributed by atoms with van der Waals surface area (Å²) in [6.07, 6.45) is 1.73. The molecule has 0 aliphatic heterocycles. The lowest BCUT2D eigenvalue weighted by Gasteiger charge is -2.10. The summed E-state index contributed by atoms with van der Waals surface area (Å²) in [4.78, 5) is 12.4. The number of benzene rings is 3. The Morgan fingerprint density at radius 3 is 2.33 bits per heavy atom. The first-order valence-electron chi connectivity index (χ1n) is 8.96. The van der Waals surface area contributed by atoms with Gasteiger partial charge in [0.1, 0.15) is 5.75 Å². The number of rotatable bonds is 6. The number of nitriles is 1. The summed E-state index contributed by atoms with van der Waals surface area (Å²) in [6, 6.07) is 21.0. The molecule has 0 aliphatic carbocycles. The molecule has 0 aliphatic rings. The largest absolute Gasteiger partial charge is 0.497 e. The van der Waals surface area contributed by atoms with Gasteiger partial charge in [0.25, 0.3) is 0 Å². The summed E-state index contributed by atoms with van der Waals surface area (Å²) in [6.45, 7) is 0. The molecule has 0 spiro atoms. The van der Waals surface area contributed by atoms with Crippen LogP contribution >= 0.6 is 11.6 Å². The minimum atomic E-state index is -0.546. The average Bonchev–Trinajstić information content (AvgIpc) is 2.78. The Balaban J connectivity index is 1.86. The highest BCUT2D eigenvalue weighted by Crippen LogP contribution is 2.31. The van der Waals surface area contributed by atoms with Gasteiger partial charge >= 0.3 is 5.97 Å². The summed E-state index contributed by atoms with van der Waals surface area (Å²) in [5.41, 5.74) is 2.29. The van der Waals surface area contributed by atoms with Crippen LogP contribution in [0, 0.1) is 11.3 Å². The van der Waals surface area contributed by atoms with Gasteiger partial charge in [0.05, 0.1) is 31.4 Å². The molecule has 6 heteroatoms. The van der Waals surface area contributed by atoms with Crippen LogP contribution in [0.4, 0.5) is 0 Å². The monoisotopic (exact) mass is 419 g/mol. The summed E-state index contributed by atoms with van der Waals surface area (Å²) >= 11 is 5.93. The molecule has 0 amide bonds. The Hall–Kier alpha value is -3.75. The average molecular weight is 420 g/mol. The van der Waals surface area contributed by atoms with Gasteiger partial charge in [0.15, 0.2) is 11.5 Å². The van der Waals surface area contributed by atoms with Gasteiger partial charge in [0, 0.05) is 5.02 Å². The molecule has 0 saturated carbocycles. The van der Waals surface area contributed by atoms with Gasteiger partial charge in [-0.2, -0.15) is 5.26 Å². The van der Waals surface area contributed by atoms with Crippen LogP contribution in [-0.2, 0) is 0 Å². The molecule has 3 aromatic carbocycles. The standard InChI is InChI=1S/C24H18ClNO4/c1-28-21-9-7-17(8-10-21)19(15-26)12-16-6-11-22(23(13-16)29-2)30-24(27)18-4-3-5-20(25)14-18/h3-14H,1-2H3/b19-12-. The molecule has 0 fully saturated rings. The van der Waals surface area contributed by atoms with Crippen LogP contribution < -0.4 is 14.2 Å². The highest BCUT2D eigenvalue weighted by Gasteiger charge is 2.13. The van der Waals surface area contributed by atoms with Crippen molar-refractivity contribution in [1.82, 2.24) is 0 Å². The third-order valence-electron chi connectivity index (χ3n) is 4.28. The number of methoxy groups -OCH3 is 2. The second kappa shape index (κ2) is 9.64. The molecule has 0 unspecified atom stereocenters. The summed E-state index contributed by atoms with van der Waals surface area (Å²) in [5.74, 6) is 0.798. The fourth-order valence-electron chi connectivity index (χ4n) is 2.75. The van der Waals surface area contributed by atoms with Crippen LogP contribution in [0.5, 0.6) is 17.2 Å². The normalized spacial score (nSPS) is 10.8. The molecule has 0 saturated heterocycles. The minimum Gasteiger partial charge on any atom is -0.497 e. The highest BCUT2D eigenvalue weighted by molar-refractivity contribution is 6.30. The molecule has 0 bridgehead atoms. The van der Waals surface area contributed by atoms with Gasteiger partial charge in [0.2, 0.25) is 0 Å². The predicted molar refractivity (Wildman–Crippen MR) is 116 cm³/mol. The van der Waals surface area contributed by atoms with Crippen LogP contribution in [0.3, 0.4) is 0 Å². The number of carbonyl (C=O) groups excluding carboxylic acids is 1. The van der Waals surface area contributed by atoms with E-state index in [0.717, 1.165) is 11.1 Å². The molecule has 30 heavy (non-hydrogen) atoms. The Morgan fingerprint density at radius 2 is 1.70 bits per heavy atom. The molecule has 3 aromatic rings. The van der Waals surface area contributed by atoms with Crippen LogP contribution in [0.2, 0.25) is 5.02 Å². The van der Waals surface area contributed by atoms with E-state index in [0.29, 0.717) is 27.7 Å². The van der Waals surface area contributed by atoms with Crippen molar-refractivity contribution in [2.24, 2.45) is 0 Å². The second-order valence-electron chi connectivity index (χ2n) is 6.21. The van der Waals surface area contributed by atoms with Gasteiger partial charge in [-0.05, 0) is 71.8 Å². The van der Waals surface area contributed by atoms with E-state index < -0.39 is 5.97 Å². The van der Waals surface area contributed by atoms with E-state index in [1.54, 1.807) is 61.7 Å². The Kier molecular flexibility index (Phi) is 6.74. The van der Waals surface area contributed by atoms with Crippen molar-refractivity contribution in [2.45, 2.75) is 0 Å². The minimum absolute atomic E-state index is 0.266. The first-order valence-corrected chi connectivity index (χ1v) is 9.34. The molecule has 0 atom stereocenters. The second-order valence-corrected chi connectivity index (χ2v) is 6.64. The predicted octanol–water partition coefficient (Wildman–Crippen LogP) is 5.64. The fraction of sp³-hybridized carbons (Fsp3) is 0.0833. The Bertz CT molecular complexity index is 1130. The maximum atomic E-state index is 12.4. The van der Waals surface area contributed by atoms with Gasteiger partial charge in [-0.25, -0.2) is 4.79 Å². The number of nitrogens with zero attached hydrogens (tertiary/aromatic N) is 1. The Labute approximate surface area is 179 Å². The van der Waals surface area contributed by atoms with Crippen molar-refractivity contribution in [3.8, 4) is 23.3 Å². The van der Waals surface area contributed by atoms with Crippen molar-refractivity contribution in [3.05, 3.63) is 88.4 Å². The number of hydrogen-bond acceptors (Lipinski definition) is 5. The van der Waals surface area contributed by atoms with Gasteiger partial charge in [-0.3, -0.25) is 0 Å². The number of allylic oxidation sites excluding steroid dienone is 1. The number of hydrogen-bond donors (Lipinski definition) is 0. The number of ether oxygens (including phenoxy) is 3. The summed E-state index contributed by atoms with van der Waals surface area (Å²) < 4.78 is 16.0. The van der Waals surface area contributed by atoms with Crippen LogP contribution in [-0.4, -0.2) is 20.2 Å². The highest BCUT2D eigenvalue weighted by atomic mass is 35.5. The molecular weight excluding hydrogens is 402 g/mol. The van der Waals surface area contributed by atoms with Crippen LogP contribution in [0.1, 0.15) is 21.5 Å². The molecule has 0 radical (unpaired) electrons. The molecule has 0 aromatic heterocycles. The van der Waals surface area contributed by atoms with E-state index in [9.17, 15) is 10.1 Å². The van der Waals surface area contributed by atoms with Crippen LogP contribution in [0.25, 0.3) is 11.6 Å². The van der Waals surface area contributed by atoms with Gasteiger partial charge < -0.3 is 14.2 Å². The molecule has 0 heterocycles. The van der Waals surface area contributed by atoms with Crippen LogP contribution in [0.15, 0.2) is 66.7 Å². The fourth-order valence-corrected chi connectivity index (χ4v) is 2.94. The first-order chi connectivity index (χ1) is 14.5. The van der Waals surface area contributed by atoms with Gasteiger partial charge in [-0.15, -0.1) is 0 Å². The zero-order valence-electron chi connectivity index (χ0n) is 16.4. The maximum absolute atomic E-state index is 12.4. The molecular formula is C24H18ClNO4. The van der Waals surface area contributed by atoms with Crippen molar-refractivity contribution in [3.63, 3.8) is 0 Å². The number of esters is 1. The van der Waals surface area contributed by atoms with Crippen molar-refractivity contribution in [2.75, 3.05) is 14.2 Å². The zero-order valence-corrected chi connectivity index (χ0v) is 17.1. The topological polar surface area (TPSA) is 68.5 Å². The van der Waals surface area contributed by atoms with Crippen molar-refractivity contribution < 1.29 is 19.0 Å². The molecule has 150 valence electrons. The maximum Gasteiger partial charge on any atom is 0.343 e. The molecule has 3 rings (SSSR count). The van der Waals surface area contributed by atoms with Crippen molar-refractivity contribution >= 4 is 29.2 Å². The molecule has 0 N–H and O–H groups in total. The molecule has 5 nitrogen and oxygen atoms in total. The van der Waals surface area contributed by atoms with E-state index >= 15 is 0 Å². The lowest BCUT2D eigenvalue weighted by molar-refractivity contribution is 0.0729. The van der Waals surface area contributed by atoms with E-state index in [2.05, 4.69) is 6.07 Å². The third kappa shape index (κ3) is 4.99. The first kappa shape index (κ1) is 21.0. The number of halogens is 1. The summed E-state index contributed by atoms with van der Waals surface area (Å²) in [5, 5.41) is 10.00. The lowest BCUT2D eigenvalue weighted by atomic mass is 10.0. The summed E-state index contributed by atoms with van der Waals surface area (Å²) in [7, 11) is 3.07. The third-order valence-corrected chi connectivity index (χ3v) is 4.52. The van der Waals surface area contributed by atoms with E-state index in [4.69, 9.17) is 25.8 Å². The smallest absolute Gasteiger partial charge is 0.343 e. The van der Waals surface area contributed by atoms with E-state index in [1.165, 1.54) is 13.2 Å². The lowest BCUT2D eigenvalue weighted by Crippen LogP contribution is -2.09. The SMILES string of the molecule is COc1ccc(/C(C#N)=C\c2ccc(OC(=O)c3cccc(Cl)c3)c(OC)c2)cc1. The van der Waals surface area contributed by atoms with E-state index in [1.807, 2.05) is 12.1 Å². The zero-order chi connectivity index (χ0) is 21.5. The van der Waals surface area contributed by atoms with Crippen molar-refractivity contribution in [1.29, 1.82) is 5.26 Å². The number of carbonyl (C=O) groups is 1. The van der Waals surface area contributed by atoms with Gasteiger partial charge in [-0.1, -0.05) is 23.7 Å². The van der Waals surface area contributed by atoms with E-state index in [-0.39, 0.29) is 5.75 Å². The quantitative estimate of drug-likeness (QED) is 0.224. The Morgan fingerprint density at radius 1 is 0.933 bits per heavy atom.